The van der Waals surface area contributed by atoms with Gasteiger partial charge in [-0.25, -0.2) is 0 Å². The van der Waals surface area contributed by atoms with Gasteiger partial charge in [-0.2, -0.15) is 0 Å². The van der Waals surface area contributed by atoms with Crippen LogP contribution in [-0.4, -0.2) is 5.11 Å². The summed E-state index contributed by atoms with van der Waals surface area (Å²) in [5.74, 6) is 2.19. The van der Waals surface area contributed by atoms with Crippen molar-refractivity contribution in [2.45, 2.75) is 45.6 Å². The van der Waals surface area contributed by atoms with Crippen LogP contribution >= 0.6 is 0 Å². The van der Waals surface area contributed by atoms with Crippen LogP contribution in [0.5, 0.6) is 0 Å². The van der Waals surface area contributed by atoms with Crippen molar-refractivity contribution < 1.29 is 5.11 Å². The van der Waals surface area contributed by atoms with Crippen molar-refractivity contribution in [3.05, 3.63) is 34.9 Å². The van der Waals surface area contributed by atoms with E-state index in [0.29, 0.717) is 5.92 Å². The molecule has 2 aliphatic rings. The Morgan fingerprint density at radius 3 is 2.41 bits per heavy atom. The summed E-state index contributed by atoms with van der Waals surface area (Å²) in [6, 6.07) is 6.44. The molecule has 0 heterocycles. The molecule has 1 aromatic rings. The molecule has 1 heteroatoms. The standard InChI is InChI=1S/C16H22O/c1-10-7-8-11(2)14(9-10)16(17)15-12-5-3-4-6-13(12)15/h7-9,12-13,15-17H,3-6H2,1-2H3. The van der Waals surface area contributed by atoms with Crippen molar-refractivity contribution >= 4 is 0 Å². The number of hydrogen-bond acceptors (Lipinski definition) is 1. The Morgan fingerprint density at radius 1 is 1.12 bits per heavy atom. The van der Waals surface area contributed by atoms with Gasteiger partial charge in [-0.15, -0.1) is 0 Å². The maximum Gasteiger partial charge on any atom is 0.0826 e. The molecule has 0 aromatic heterocycles. The van der Waals surface area contributed by atoms with Gasteiger partial charge in [0.05, 0.1) is 6.10 Å². The van der Waals surface area contributed by atoms with Crippen molar-refractivity contribution in [3.63, 3.8) is 0 Å². The van der Waals surface area contributed by atoms with Gasteiger partial charge in [-0.1, -0.05) is 36.6 Å². The average Bonchev–Trinajstić information content (AvgIpc) is 3.05. The maximum absolute atomic E-state index is 10.6. The smallest absolute Gasteiger partial charge is 0.0826 e. The van der Waals surface area contributed by atoms with Crippen LogP contribution < -0.4 is 0 Å². The summed E-state index contributed by atoms with van der Waals surface area (Å²) in [5, 5.41) is 10.6. The minimum atomic E-state index is -0.219. The van der Waals surface area contributed by atoms with Crippen molar-refractivity contribution in [2.24, 2.45) is 17.8 Å². The number of benzene rings is 1. The minimum absolute atomic E-state index is 0.219. The monoisotopic (exact) mass is 230 g/mol. The van der Waals surface area contributed by atoms with Crippen molar-refractivity contribution in [3.8, 4) is 0 Å². The molecular formula is C16H22O. The first-order valence-electron chi connectivity index (χ1n) is 6.93. The number of rotatable bonds is 2. The van der Waals surface area contributed by atoms with Crippen LogP contribution in [0.25, 0.3) is 0 Å². The highest BCUT2D eigenvalue weighted by atomic mass is 16.3. The normalized spacial score (nSPS) is 33.0. The van der Waals surface area contributed by atoms with E-state index in [1.807, 2.05) is 0 Å². The lowest BCUT2D eigenvalue weighted by Gasteiger charge is -2.14. The molecule has 17 heavy (non-hydrogen) atoms. The predicted octanol–water partition coefficient (Wildman–Crippen LogP) is 3.77. The molecule has 1 aromatic carbocycles. The van der Waals surface area contributed by atoms with Gasteiger partial charge in [-0.05, 0) is 55.6 Å². The Bertz CT molecular complexity index is 412. The van der Waals surface area contributed by atoms with E-state index in [9.17, 15) is 5.11 Å². The highest BCUT2D eigenvalue weighted by Gasteiger charge is 2.54. The van der Waals surface area contributed by atoms with Gasteiger partial charge < -0.3 is 5.11 Å². The highest BCUT2D eigenvalue weighted by Crippen LogP contribution is 2.60. The number of fused-ring (bicyclic) bond motifs is 1. The quantitative estimate of drug-likeness (QED) is 0.820. The summed E-state index contributed by atoms with van der Waals surface area (Å²) in [5.41, 5.74) is 3.67. The van der Waals surface area contributed by atoms with Gasteiger partial charge in [0.1, 0.15) is 0 Å². The minimum Gasteiger partial charge on any atom is -0.388 e. The molecule has 0 radical (unpaired) electrons. The third-order valence-electron chi connectivity index (χ3n) is 4.84. The van der Waals surface area contributed by atoms with Gasteiger partial charge in [-0.3, -0.25) is 0 Å². The molecule has 2 saturated carbocycles. The van der Waals surface area contributed by atoms with Crippen molar-refractivity contribution in [2.75, 3.05) is 0 Å². The third-order valence-corrected chi connectivity index (χ3v) is 4.84. The van der Waals surface area contributed by atoms with Gasteiger partial charge in [0, 0.05) is 0 Å². The van der Waals surface area contributed by atoms with E-state index < -0.39 is 0 Å². The van der Waals surface area contributed by atoms with Crippen LogP contribution in [0.1, 0.15) is 48.5 Å². The second kappa shape index (κ2) is 4.13. The number of aliphatic hydroxyl groups is 1. The van der Waals surface area contributed by atoms with E-state index in [0.717, 1.165) is 11.8 Å². The van der Waals surface area contributed by atoms with Crippen LogP contribution in [0, 0.1) is 31.6 Å². The Labute approximate surface area is 104 Å². The number of aryl methyl sites for hydroxylation is 2. The third kappa shape index (κ3) is 1.91. The zero-order valence-electron chi connectivity index (χ0n) is 10.8. The Balaban J connectivity index is 1.82. The summed E-state index contributed by atoms with van der Waals surface area (Å²) in [6.45, 7) is 4.22. The van der Waals surface area contributed by atoms with E-state index in [1.54, 1.807) is 0 Å². The molecule has 0 aliphatic heterocycles. The largest absolute Gasteiger partial charge is 0.388 e. The molecule has 0 saturated heterocycles. The Morgan fingerprint density at radius 2 is 1.76 bits per heavy atom. The molecule has 3 unspecified atom stereocenters. The molecule has 3 rings (SSSR count). The zero-order valence-corrected chi connectivity index (χ0v) is 10.8. The Hall–Kier alpha value is -0.820. The maximum atomic E-state index is 10.6. The van der Waals surface area contributed by atoms with Crippen LogP contribution in [0.2, 0.25) is 0 Å². The molecule has 92 valence electrons. The first-order valence-corrected chi connectivity index (χ1v) is 6.93. The topological polar surface area (TPSA) is 20.2 Å². The second-order valence-corrected chi connectivity index (χ2v) is 5.99. The lowest BCUT2D eigenvalue weighted by Crippen LogP contribution is -2.05. The van der Waals surface area contributed by atoms with Crippen LogP contribution in [0.15, 0.2) is 18.2 Å². The van der Waals surface area contributed by atoms with Crippen molar-refractivity contribution in [1.29, 1.82) is 0 Å². The van der Waals surface area contributed by atoms with Crippen LogP contribution in [0.4, 0.5) is 0 Å². The SMILES string of the molecule is Cc1ccc(C)c(C(O)C2C3CCCCC32)c1. The van der Waals surface area contributed by atoms with Gasteiger partial charge >= 0.3 is 0 Å². The molecule has 0 amide bonds. The van der Waals surface area contributed by atoms with Gasteiger partial charge in [0.2, 0.25) is 0 Å². The zero-order chi connectivity index (χ0) is 12.0. The first kappa shape index (κ1) is 11.3. The van der Waals surface area contributed by atoms with E-state index >= 15 is 0 Å². The summed E-state index contributed by atoms with van der Waals surface area (Å²) in [6.07, 6.45) is 5.21. The Kier molecular flexibility index (Phi) is 2.74. The van der Waals surface area contributed by atoms with Gasteiger partial charge in [0.25, 0.3) is 0 Å². The predicted molar refractivity (Wildman–Crippen MR) is 69.8 cm³/mol. The fourth-order valence-electron chi connectivity index (χ4n) is 3.80. The molecule has 3 atom stereocenters. The molecule has 0 spiro atoms. The average molecular weight is 230 g/mol. The molecule has 2 aliphatic carbocycles. The molecule has 1 N–H and O–H groups in total. The molecule has 0 bridgehead atoms. The van der Waals surface area contributed by atoms with Crippen LogP contribution in [-0.2, 0) is 0 Å². The molecule has 1 nitrogen and oxygen atoms in total. The highest BCUT2D eigenvalue weighted by molar-refractivity contribution is 5.33. The lowest BCUT2D eigenvalue weighted by molar-refractivity contribution is 0.141. The summed E-state index contributed by atoms with van der Waals surface area (Å²) in [7, 11) is 0. The summed E-state index contributed by atoms with van der Waals surface area (Å²) >= 11 is 0. The van der Waals surface area contributed by atoms with Gasteiger partial charge in [0.15, 0.2) is 0 Å². The number of hydrogen-bond donors (Lipinski definition) is 1. The van der Waals surface area contributed by atoms with E-state index in [2.05, 4.69) is 32.0 Å². The fraction of sp³-hybridized carbons (Fsp3) is 0.625. The second-order valence-electron chi connectivity index (χ2n) is 5.99. The fourth-order valence-corrected chi connectivity index (χ4v) is 3.80. The summed E-state index contributed by atoms with van der Waals surface area (Å²) in [4.78, 5) is 0. The number of aliphatic hydroxyl groups excluding tert-OH is 1. The van der Waals surface area contributed by atoms with Crippen molar-refractivity contribution in [1.82, 2.24) is 0 Å². The summed E-state index contributed by atoms with van der Waals surface area (Å²) < 4.78 is 0. The van der Waals surface area contributed by atoms with Crippen LogP contribution in [0.3, 0.4) is 0 Å². The molecule has 2 fully saturated rings. The first-order chi connectivity index (χ1) is 8.18. The van der Waals surface area contributed by atoms with E-state index in [-0.39, 0.29) is 6.10 Å². The van der Waals surface area contributed by atoms with E-state index in [4.69, 9.17) is 0 Å². The molecular weight excluding hydrogens is 208 g/mol. The van der Waals surface area contributed by atoms with E-state index in [1.165, 1.54) is 42.4 Å². The lowest BCUT2D eigenvalue weighted by atomic mass is 9.96.